The molecule has 43 heteroatoms. The summed E-state index contributed by atoms with van der Waals surface area (Å²) in [4.78, 5) is 247. The van der Waals surface area contributed by atoms with Crippen LogP contribution in [0.15, 0.2) is 49.3 Å². The zero-order valence-corrected chi connectivity index (χ0v) is 68.5. The number of H-pyrrole nitrogens is 2. The Kier molecular flexibility index (Phi) is 45.1. The number of phenolic OH excluding ortho intramolecular Hbond substituents is 1. The lowest BCUT2D eigenvalue weighted by Crippen LogP contribution is -2.61. The highest BCUT2D eigenvalue weighted by Gasteiger charge is 2.39. The lowest BCUT2D eigenvalue weighted by molar-refractivity contribution is -0.142. The van der Waals surface area contributed by atoms with E-state index in [4.69, 9.17) is 28.7 Å². The summed E-state index contributed by atoms with van der Waals surface area (Å²) in [6, 6.07) is -14.6. The van der Waals surface area contributed by atoms with Gasteiger partial charge >= 0.3 is 11.9 Å². The molecule has 0 aliphatic carbocycles. The molecule has 1 aromatic carbocycles. The topological polar surface area (TPSA) is 715 Å². The summed E-state index contributed by atoms with van der Waals surface area (Å²) in [5.74, 6) is -19.0. The van der Waals surface area contributed by atoms with E-state index in [1.807, 2.05) is 0 Å². The van der Waals surface area contributed by atoms with Crippen LogP contribution in [0.1, 0.15) is 169 Å². The van der Waals surface area contributed by atoms with E-state index >= 15 is 0 Å². The molecule has 43 nitrogen and oxygen atoms in total. The Bertz CT molecular complexity index is 3830. The summed E-state index contributed by atoms with van der Waals surface area (Å²) in [6.07, 6.45) is 1.64. The summed E-state index contributed by atoms with van der Waals surface area (Å²) >= 11 is 0. The number of carbonyl (C=O) groups is 17. The fourth-order valence-electron chi connectivity index (χ4n) is 12.0. The summed E-state index contributed by atoms with van der Waals surface area (Å²) in [5, 5.41) is 72.8. The number of amides is 15. The summed E-state index contributed by atoms with van der Waals surface area (Å²) in [6.45, 7) is 12.3. The maximum Gasteiger partial charge on any atom is 0.326 e. The van der Waals surface area contributed by atoms with Crippen LogP contribution in [0.25, 0.3) is 0 Å². The number of primary amides is 2. The molecule has 3 aromatic rings. The van der Waals surface area contributed by atoms with Gasteiger partial charge in [-0.05, 0) is 132 Å². The van der Waals surface area contributed by atoms with Gasteiger partial charge in [-0.25, -0.2) is 14.8 Å². The van der Waals surface area contributed by atoms with Crippen molar-refractivity contribution in [3.8, 4) is 5.75 Å². The van der Waals surface area contributed by atoms with Crippen molar-refractivity contribution >= 4 is 101 Å². The van der Waals surface area contributed by atoms with Gasteiger partial charge in [0.05, 0.1) is 31.8 Å². The second-order valence-corrected chi connectivity index (χ2v) is 30.6. The molecule has 0 unspecified atom stereocenters. The number of unbranched alkanes of at least 4 members (excludes halogenated alkanes) is 2. The maximum atomic E-state index is 14.8. The predicted octanol–water partition coefficient (Wildman–Crippen LogP) is -5.35. The van der Waals surface area contributed by atoms with Gasteiger partial charge in [0.25, 0.3) is 0 Å². The Morgan fingerprint density at radius 3 is 1.04 bits per heavy atom. The number of benzene rings is 1. The summed E-state index contributed by atoms with van der Waals surface area (Å²) < 4.78 is 0. The minimum atomic E-state index is -1.88. The van der Waals surface area contributed by atoms with Crippen molar-refractivity contribution in [2.75, 3.05) is 26.2 Å². The van der Waals surface area contributed by atoms with Gasteiger partial charge in [0.15, 0.2) is 0 Å². The number of nitrogens with zero attached hydrogens (tertiary/aromatic N) is 2. The number of aliphatic hydroxyl groups is 1. The molecular formula is C76H122N22O21. The van der Waals surface area contributed by atoms with Gasteiger partial charge in [0, 0.05) is 62.3 Å². The van der Waals surface area contributed by atoms with E-state index in [0.717, 1.165) is 0 Å². The number of nitrogens with one attached hydrogen (secondary N) is 15. The average Bonchev–Trinajstić information content (AvgIpc) is 1.55. The number of aromatic amines is 2. The Hall–Kier alpha value is -11.7. The zero-order valence-electron chi connectivity index (χ0n) is 68.5. The largest absolute Gasteiger partial charge is 0.508 e. The average molecular weight is 1680 g/mol. The molecule has 0 saturated heterocycles. The maximum absolute atomic E-state index is 14.8. The standard InChI is InChI=1S/C76H122N22O21/c1-39(2)27-52(69(111)90-50(20-23-60(80)102)67(109)95-56(32-45-34-83-38-86-45)73(115)97-57(76(118)119)30-43-15-17-46(100)18-16-43)93-65(107)48(14-10-12-26-78)88-72(114)55(31-44-33-82-37-85-44)96-70(112)53(28-40(3)4)94-68(110)51(21-24-62(104)105)89-66(108)49(19-22-59(79)101)91-74(116)58(36-99)98-71(113)54(29-41(5)6)92-64(106)47(13-9-11-25-77)87-61(103)35-84-75(117)63(81)42(7)8/h15-18,33-34,37-42,47-58,63,99-100H,9-14,19-32,35-36,77-78,81H2,1-8H3,(H2,79,101)(H2,80,102)(H,82,85)(H,83,86)(H,84,117)(H,87,103)(H,88,114)(H,89,108)(H,90,111)(H,91,116)(H,92,106)(H,93,107)(H,94,110)(H,95,109)(H,96,112)(H,97,115)(H,98,113)(H,104,105)(H,118,119)/t47-,48-,49-,50-,51-,52-,53-,54-,55-,56-,57-,58-,63-/m0/s1. The molecule has 0 saturated carbocycles. The number of phenols is 1. The molecule has 119 heavy (non-hydrogen) atoms. The number of aliphatic hydroxyl groups excluding tert-OH is 1. The molecule has 0 spiro atoms. The first kappa shape index (κ1) is 101. The van der Waals surface area contributed by atoms with Gasteiger partial charge in [-0.2, -0.15) is 0 Å². The normalized spacial score (nSPS) is 14.6. The molecule has 29 N–H and O–H groups in total. The molecule has 3 rings (SSSR count). The quantitative estimate of drug-likeness (QED) is 0.0235. The monoisotopic (exact) mass is 1680 g/mol. The Balaban J connectivity index is 1.96. The van der Waals surface area contributed by atoms with E-state index in [2.05, 4.69) is 89.1 Å². The third-order valence-electron chi connectivity index (χ3n) is 18.6. The van der Waals surface area contributed by atoms with Gasteiger partial charge in [0.1, 0.15) is 78.3 Å². The van der Waals surface area contributed by atoms with Crippen molar-refractivity contribution in [2.24, 2.45) is 52.3 Å². The van der Waals surface area contributed by atoms with Crippen molar-refractivity contribution in [2.45, 2.75) is 250 Å². The van der Waals surface area contributed by atoms with E-state index in [1.165, 1.54) is 49.3 Å². The SMILES string of the molecule is CC(C)C[C@H](NC(=O)[C@H](CCCCN)NC(=O)CNC(=O)[C@@H](N)C(C)C)C(=O)N[C@@H](CO)C(=O)N[C@@H](CCC(N)=O)C(=O)N[C@@H](CCC(=O)O)C(=O)N[C@@H](CC(C)C)C(=O)N[C@@H](Cc1cnc[nH]1)C(=O)N[C@@H](CCCCN)C(=O)N[C@@H](CC(C)C)C(=O)N[C@@H](CCC(N)=O)C(=O)N[C@@H](Cc1cnc[nH]1)C(=O)N[C@@H](Cc1ccc(O)cc1)C(=O)O. The number of carbonyl (C=O) groups excluding carboxylic acids is 15. The molecule has 0 aliphatic rings. The minimum Gasteiger partial charge on any atom is -0.508 e. The van der Waals surface area contributed by atoms with Crippen LogP contribution in [0.3, 0.4) is 0 Å². The van der Waals surface area contributed by atoms with E-state index in [1.54, 1.807) is 55.4 Å². The van der Waals surface area contributed by atoms with Crippen LogP contribution in [0.5, 0.6) is 5.75 Å². The van der Waals surface area contributed by atoms with Gasteiger partial charge in [-0.3, -0.25) is 76.7 Å². The smallest absolute Gasteiger partial charge is 0.326 e. The van der Waals surface area contributed by atoms with E-state index in [9.17, 15) is 102 Å². The first-order chi connectivity index (χ1) is 56.1. The lowest BCUT2D eigenvalue weighted by atomic mass is 10.00. The number of hydrogen-bond donors (Lipinski definition) is 24. The van der Waals surface area contributed by atoms with Gasteiger partial charge in [0.2, 0.25) is 88.6 Å². The van der Waals surface area contributed by atoms with Crippen LogP contribution < -0.4 is 97.8 Å². The number of carboxylic acids is 2. The van der Waals surface area contributed by atoms with Crippen LogP contribution in [0.2, 0.25) is 0 Å². The number of carboxylic acid groups (broad SMARTS) is 2. The highest BCUT2D eigenvalue weighted by atomic mass is 16.4. The molecular weight excluding hydrogens is 1560 g/mol. The van der Waals surface area contributed by atoms with E-state index in [-0.39, 0.29) is 100 Å². The Morgan fingerprint density at radius 1 is 0.395 bits per heavy atom. The molecule has 662 valence electrons. The van der Waals surface area contributed by atoms with Crippen molar-refractivity contribution in [1.82, 2.24) is 89.1 Å². The Labute approximate surface area is 689 Å². The fourth-order valence-corrected chi connectivity index (χ4v) is 12.0. The van der Waals surface area contributed by atoms with Crippen LogP contribution in [0.4, 0.5) is 0 Å². The zero-order chi connectivity index (χ0) is 89.2. The van der Waals surface area contributed by atoms with Crippen molar-refractivity contribution in [1.29, 1.82) is 0 Å². The third kappa shape index (κ3) is 38.9. The second kappa shape index (κ2) is 52.9. The van der Waals surface area contributed by atoms with Crippen molar-refractivity contribution < 1.29 is 102 Å². The van der Waals surface area contributed by atoms with E-state index < -0.39 is 237 Å². The molecule has 2 heterocycles. The van der Waals surface area contributed by atoms with Gasteiger partial charge in [-0.15, -0.1) is 0 Å². The number of rotatable bonds is 58. The number of aliphatic carboxylic acids is 2. The molecule has 0 aliphatic heterocycles. The first-order valence-corrected chi connectivity index (χ1v) is 39.6. The van der Waals surface area contributed by atoms with E-state index in [0.29, 0.717) is 30.5 Å². The molecule has 0 bridgehead atoms. The molecule has 13 atom stereocenters. The number of imidazole rings is 2. The Morgan fingerprint density at radius 2 is 0.714 bits per heavy atom. The van der Waals surface area contributed by atoms with Gasteiger partial charge in [-0.1, -0.05) is 67.5 Å². The highest BCUT2D eigenvalue weighted by Crippen LogP contribution is 2.17. The number of hydrogen-bond acceptors (Lipinski definition) is 24. The van der Waals surface area contributed by atoms with Crippen molar-refractivity contribution in [3.05, 3.63) is 66.3 Å². The van der Waals surface area contributed by atoms with Crippen molar-refractivity contribution in [3.63, 3.8) is 0 Å². The molecule has 15 amide bonds. The number of aromatic hydroxyl groups is 1. The second-order valence-electron chi connectivity index (χ2n) is 30.6. The fraction of sp³-hybridized carbons (Fsp3) is 0.618. The minimum absolute atomic E-state index is 0.0412. The highest BCUT2D eigenvalue weighted by molar-refractivity contribution is 6.00. The number of aromatic nitrogens is 4. The summed E-state index contributed by atoms with van der Waals surface area (Å²) in [7, 11) is 0. The van der Waals surface area contributed by atoms with Crippen LogP contribution in [-0.2, 0) is 101 Å². The molecule has 0 fully saturated rings. The van der Waals surface area contributed by atoms with Gasteiger partial charge < -0.3 is 128 Å². The summed E-state index contributed by atoms with van der Waals surface area (Å²) in [5.41, 5.74) is 29.4. The lowest BCUT2D eigenvalue weighted by Gasteiger charge is -2.29. The number of nitrogens with two attached hydrogens (primary N) is 5. The molecule has 2 aromatic heterocycles. The van der Waals surface area contributed by atoms with Crippen LogP contribution in [-0.4, -0.2) is 246 Å². The first-order valence-electron chi connectivity index (χ1n) is 39.6. The molecule has 0 radical (unpaired) electrons. The van der Waals surface area contributed by atoms with Crippen LogP contribution >= 0.6 is 0 Å². The third-order valence-corrected chi connectivity index (χ3v) is 18.6. The predicted molar refractivity (Wildman–Crippen MR) is 428 cm³/mol. The van der Waals surface area contributed by atoms with Crippen LogP contribution in [0, 0.1) is 23.7 Å².